The highest BCUT2D eigenvalue weighted by atomic mass is 16.5. The molecule has 6 aromatic rings. The minimum Gasteiger partial charge on any atom is -0.481 e. The van der Waals surface area contributed by atoms with E-state index in [-0.39, 0.29) is 0 Å². The molecule has 3 heterocycles. The third-order valence-corrected chi connectivity index (χ3v) is 7.75. The van der Waals surface area contributed by atoms with Gasteiger partial charge in [0.25, 0.3) is 0 Å². The van der Waals surface area contributed by atoms with E-state index in [4.69, 9.17) is 9.72 Å². The van der Waals surface area contributed by atoms with Crippen LogP contribution in [0, 0.1) is 6.92 Å². The zero-order valence-electron chi connectivity index (χ0n) is 25.6. The second-order valence-corrected chi connectivity index (χ2v) is 10.7. The molecule has 6 rings (SSSR count). The van der Waals surface area contributed by atoms with Gasteiger partial charge in [-0.2, -0.15) is 0 Å². The maximum Gasteiger partial charge on any atom is 0.223 e. The molecular formula is C37H37N7O. The highest BCUT2D eigenvalue weighted by molar-refractivity contribution is 5.83. The van der Waals surface area contributed by atoms with Crippen LogP contribution in [0.15, 0.2) is 109 Å². The van der Waals surface area contributed by atoms with Crippen molar-refractivity contribution in [1.82, 2.24) is 30.6 Å². The molecule has 8 nitrogen and oxygen atoms in total. The number of pyridine rings is 2. The Morgan fingerprint density at radius 3 is 2.36 bits per heavy atom. The number of aromatic nitrogens is 4. The number of nitrogens with zero attached hydrogens (tertiary/aromatic N) is 4. The lowest BCUT2D eigenvalue weighted by atomic mass is 9.94. The first-order chi connectivity index (χ1) is 22.2. The average Bonchev–Trinajstić information content (AvgIpc) is 3.10. The van der Waals surface area contributed by atoms with E-state index in [0.717, 1.165) is 58.6 Å². The molecule has 0 atom stereocenters. The van der Waals surface area contributed by atoms with E-state index < -0.39 is 0 Å². The Morgan fingerprint density at radius 1 is 0.667 bits per heavy atom. The molecular weight excluding hydrogens is 558 g/mol. The summed E-state index contributed by atoms with van der Waals surface area (Å²) < 4.78 is 5.68. The number of anilines is 1. The maximum atomic E-state index is 5.68. The summed E-state index contributed by atoms with van der Waals surface area (Å²) in [6.07, 6.45) is 3.63. The molecule has 0 unspecified atom stereocenters. The molecule has 0 amide bonds. The van der Waals surface area contributed by atoms with Crippen molar-refractivity contribution in [3.05, 3.63) is 121 Å². The van der Waals surface area contributed by atoms with Crippen LogP contribution in [0.1, 0.15) is 11.1 Å². The van der Waals surface area contributed by atoms with Crippen LogP contribution < -0.4 is 20.7 Å². The lowest BCUT2D eigenvalue weighted by Gasteiger charge is -2.14. The van der Waals surface area contributed by atoms with Crippen LogP contribution in [0.5, 0.6) is 5.88 Å². The van der Waals surface area contributed by atoms with Gasteiger partial charge in [0.1, 0.15) is 0 Å². The Bertz CT molecular complexity index is 1880. The molecule has 3 aromatic heterocycles. The van der Waals surface area contributed by atoms with Gasteiger partial charge in [0.2, 0.25) is 11.8 Å². The van der Waals surface area contributed by atoms with Crippen molar-refractivity contribution >= 4 is 16.9 Å². The van der Waals surface area contributed by atoms with Gasteiger partial charge in [-0.1, -0.05) is 72.8 Å². The number of rotatable bonds is 13. The zero-order chi connectivity index (χ0) is 30.8. The van der Waals surface area contributed by atoms with Crippen molar-refractivity contribution in [2.75, 3.05) is 38.6 Å². The number of fused-ring (bicyclic) bond motifs is 1. The molecule has 0 bridgehead atoms. The molecule has 0 fully saturated rings. The van der Waals surface area contributed by atoms with E-state index in [2.05, 4.69) is 105 Å². The number of methoxy groups -OCH3 is 1. The Labute approximate surface area is 264 Å². The van der Waals surface area contributed by atoms with E-state index in [1.807, 2.05) is 36.5 Å². The molecule has 0 aliphatic rings. The van der Waals surface area contributed by atoms with Gasteiger partial charge in [-0.15, -0.1) is 0 Å². The van der Waals surface area contributed by atoms with E-state index in [1.54, 1.807) is 13.3 Å². The number of para-hydroxylation sites is 1. The third-order valence-electron chi connectivity index (χ3n) is 7.75. The molecule has 3 aromatic carbocycles. The van der Waals surface area contributed by atoms with Crippen LogP contribution in [-0.2, 0) is 6.54 Å². The standard InChI is InChI=1S/C37H37N7O/c1-26-31(27-9-4-3-5-10-27)12-8-13-32(26)35-16-15-29(36(43-35)45-2)24-39-20-19-38-21-22-41-37-40-18-17-34(44-37)30-23-28-11-6-7-14-33(28)42-25-30/h3-18,23,25,38-39H,19-22,24H2,1-2H3,(H,40,41,44). The SMILES string of the molecule is COc1nc(-c2cccc(-c3ccccc3)c2C)ccc1CNCCNCCNc1nccc(-c2cnc3ccccc3c2)n1. The number of benzene rings is 3. The molecule has 0 aliphatic heterocycles. The molecule has 0 radical (unpaired) electrons. The summed E-state index contributed by atoms with van der Waals surface area (Å²) in [6, 6.07) is 33.1. The quantitative estimate of drug-likeness (QED) is 0.130. The smallest absolute Gasteiger partial charge is 0.223 e. The largest absolute Gasteiger partial charge is 0.481 e. The summed E-state index contributed by atoms with van der Waals surface area (Å²) in [4.78, 5) is 18.5. The van der Waals surface area contributed by atoms with Gasteiger partial charge in [0.05, 0.1) is 24.0 Å². The van der Waals surface area contributed by atoms with Crippen molar-refractivity contribution in [2.24, 2.45) is 0 Å². The van der Waals surface area contributed by atoms with Gasteiger partial charge in [-0.05, 0) is 47.9 Å². The van der Waals surface area contributed by atoms with Gasteiger partial charge in [0.15, 0.2) is 0 Å². The third kappa shape index (κ3) is 7.32. The fraction of sp³-hybridized carbons (Fsp3) is 0.189. The fourth-order valence-electron chi connectivity index (χ4n) is 5.38. The van der Waals surface area contributed by atoms with Gasteiger partial charge in [-0.25, -0.2) is 15.0 Å². The monoisotopic (exact) mass is 595 g/mol. The second-order valence-electron chi connectivity index (χ2n) is 10.7. The van der Waals surface area contributed by atoms with Crippen molar-refractivity contribution in [2.45, 2.75) is 13.5 Å². The number of nitrogens with one attached hydrogen (secondary N) is 3. The summed E-state index contributed by atoms with van der Waals surface area (Å²) in [5.74, 6) is 1.24. The van der Waals surface area contributed by atoms with Crippen molar-refractivity contribution in [3.8, 4) is 39.5 Å². The molecule has 0 aliphatic carbocycles. The van der Waals surface area contributed by atoms with E-state index in [0.29, 0.717) is 24.9 Å². The van der Waals surface area contributed by atoms with Gasteiger partial charge < -0.3 is 20.7 Å². The van der Waals surface area contributed by atoms with Gasteiger partial charge >= 0.3 is 0 Å². The predicted octanol–water partition coefficient (Wildman–Crippen LogP) is 6.53. The molecule has 0 saturated heterocycles. The minimum absolute atomic E-state index is 0.602. The Hall–Kier alpha value is -5.18. The van der Waals surface area contributed by atoms with E-state index in [1.165, 1.54) is 16.7 Å². The first kappa shape index (κ1) is 29.9. The number of hydrogen-bond donors (Lipinski definition) is 3. The lowest BCUT2D eigenvalue weighted by Crippen LogP contribution is -2.30. The Morgan fingerprint density at radius 2 is 1.47 bits per heavy atom. The molecule has 226 valence electrons. The van der Waals surface area contributed by atoms with Gasteiger partial charge in [-0.3, -0.25) is 4.98 Å². The number of hydrogen-bond acceptors (Lipinski definition) is 8. The Kier molecular flexibility index (Phi) is 9.64. The lowest BCUT2D eigenvalue weighted by molar-refractivity contribution is 0.391. The van der Waals surface area contributed by atoms with Crippen LogP contribution >= 0.6 is 0 Å². The van der Waals surface area contributed by atoms with E-state index in [9.17, 15) is 0 Å². The van der Waals surface area contributed by atoms with Crippen LogP contribution in [-0.4, -0.2) is 53.2 Å². The fourth-order valence-corrected chi connectivity index (χ4v) is 5.38. The van der Waals surface area contributed by atoms with Crippen LogP contribution in [0.3, 0.4) is 0 Å². The van der Waals surface area contributed by atoms with Crippen LogP contribution in [0.2, 0.25) is 0 Å². The predicted molar refractivity (Wildman–Crippen MR) is 182 cm³/mol. The maximum absolute atomic E-state index is 5.68. The highest BCUT2D eigenvalue weighted by Gasteiger charge is 2.12. The molecule has 8 heteroatoms. The number of ether oxygens (including phenoxy) is 1. The first-order valence-corrected chi connectivity index (χ1v) is 15.2. The normalized spacial score (nSPS) is 11.1. The highest BCUT2D eigenvalue weighted by Crippen LogP contribution is 2.32. The molecule has 0 saturated carbocycles. The minimum atomic E-state index is 0.602. The van der Waals surface area contributed by atoms with E-state index >= 15 is 0 Å². The van der Waals surface area contributed by atoms with Crippen molar-refractivity contribution in [1.29, 1.82) is 0 Å². The molecule has 45 heavy (non-hydrogen) atoms. The average molecular weight is 596 g/mol. The van der Waals surface area contributed by atoms with Crippen molar-refractivity contribution < 1.29 is 4.74 Å². The summed E-state index contributed by atoms with van der Waals surface area (Å²) in [5, 5.41) is 11.3. The van der Waals surface area contributed by atoms with Crippen LogP contribution in [0.25, 0.3) is 44.5 Å². The summed E-state index contributed by atoms with van der Waals surface area (Å²) in [7, 11) is 1.68. The molecule has 0 spiro atoms. The second kappa shape index (κ2) is 14.5. The molecule has 3 N–H and O–H groups in total. The zero-order valence-corrected chi connectivity index (χ0v) is 25.6. The Balaban J connectivity index is 0.958. The summed E-state index contributed by atoms with van der Waals surface area (Å²) >= 11 is 0. The summed E-state index contributed by atoms with van der Waals surface area (Å²) in [6.45, 7) is 5.95. The van der Waals surface area contributed by atoms with Crippen LogP contribution in [0.4, 0.5) is 5.95 Å². The summed E-state index contributed by atoms with van der Waals surface area (Å²) in [5.41, 5.74) is 9.43. The first-order valence-electron chi connectivity index (χ1n) is 15.2. The van der Waals surface area contributed by atoms with Gasteiger partial charge in [0, 0.05) is 67.2 Å². The van der Waals surface area contributed by atoms with Crippen molar-refractivity contribution in [3.63, 3.8) is 0 Å². The topological polar surface area (TPSA) is 96.9 Å².